The molecule has 0 fully saturated rings. The number of benzene rings is 1. The van der Waals surface area contributed by atoms with Crippen molar-refractivity contribution in [3.63, 3.8) is 0 Å². The summed E-state index contributed by atoms with van der Waals surface area (Å²) in [6.07, 6.45) is -0.607. The summed E-state index contributed by atoms with van der Waals surface area (Å²) in [5, 5.41) is 22.2. The van der Waals surface area contributed by atoms with Crippen LogP contribution in [0.1, 0.15) is 37.0 Å². The Balaban J connectivity index is 1.94. The number of nitrogens with zero attached hydrogens (tertiary/aromatic N) is 1. The van der Waals surface area contributed by atoms with E-state index in [0.717, 1.165) is 5.56 Å². The van der Waals surface area contributed by atoms with Gasteiger partial charge in [0.2, 0.25) is 0 Å². The molecule has 0 amide bonds. The van der Waals surface area contributed by atoms with Crippen LogP contribution in [0.2, 0.25) is 0 Å². The number of aromatic amines is 1. The van der Waals surface area contributed by atoms with Crippen molar-refractivity contribution in [3.05, 3.63) is 35.7 Å². The molecule has 7 nitrogen and oxygen atoms in total. The summed E-state index contributed by atoms with van der Waals surface area (Å²) in [6.45, 7) is 8.41. The third kappa shape index (κ3) is 5.58. The van der Waals surface area contributed by atoms with Gasteiger partial charge in [-0.25, -0.2) is 9.78 Å². The number of carboxylic acid groups (broad SMARTS) is 1. The minimum absolute atomic E-state index is 0.0183. The first-order chi connectivity index (χ1) is 11.7. The molecule has 0 aliphatic carbocycles. The largest absolute Gasteiger partial charge is 0.491 e. The van der Waals surface area contributed by atoms with E-state index in [9.17, 15) is 9.90 Å². The lowest BCUT2D eigenvalue weighted by atomic mass is 10.1. The Bertz CT molecular complexity index is 717. The molecule has 2 rings (SSSR count). The standard InChI is InChI=1S/C18H25N3O4/c1-11-15(17(23)24)21-16(20-11)12-5-7-14(8-6-12)25-10-13(22)9-19-18(2,3)4/h5-8,13,19,22H,9-10H2,1-4H3,(H,20,21)(H,23,24)/t13-/m0/s1. The fraction of sp³-hybridized carbons (Fsp3) is 0.444. The van der Waals surface area contributed by atoms with Crippen molar-refractivity contribution in [2.45, 2.75) is 39.3 Å². The van der Waals surface area contributed by atoms with E-state index in [1.54, 1.807) is 31.2 Å². The van der Waals surface area contributed by atoms with Gasteiger partial charge in [-0.1, -0.05) is 0 Å². The first kappa shape index (κ1) is 19.0. The van der Waals surface area contributed by atoms with Crippen molar-refractivity contribution in [2.75, 3.05) is 13.2 Å². The number of nitrogens with one attached hydrogen (secondary N) is 2. The van der Waals surface area contributed by atoms with Crippen LogP contribution >= 0.6 is 0 Å². The highest BCUT2D eigenvalue weighted by molar-refractivity contribution is 5.87. The Labute approximate surface area is 147 Å². The number of ether oxygens (including phenoxy) is 1. The average Bonchev–Trinajstić information content (AvgIpc) is 2.93. The van der Waals surface area contributed by atoms with Gasteiger partial charge in [-0.05, 0) is 52.0 Å². The summed E-state index contributed by atoms with van der Waals surface area (Å²) in [7, 11) is 0. The molecule has 1 atom stereocenters. The van der Waals surface area contributed by atoms with E-state index in [1.807, 2.05) is 20.8 Å². The molecule has 0 unspecified atom stereocenters. The molecule has 25 heavy (non-hydrogen) atoms. The molecule has 0 aliphatic rings. The molecule has 0 saturated heterocycles. The van der Waals surface area contributed by atoms with Gasteiger partial charge < -0.3 is 25.3 Å². The topological polar surface area (TPSA) is 107 Å². The van der Waals surface area contributed by atoms with E-state index in [-0.39, 0.29) is 17.8 Å². The molecule has 0 spiro atoms. The van der Waals surface area contributed by atoms with Crippen molar-refractivity contribution in [2.24, 2.45) is 0 Å². The first-order valence-corrected chi connectivity index (χ1v) is 8.12. The van der Waals surface area contributed by atoms with Crippen LogP contribution in [0.3, 0.4) is 0 Å². The second-order valence-corrected chi connectivity index (χ2v) is 6.98. The smallest absolute Gasteiger partial charge is 0.356 e. The quantitative estimate of drug-likeness (QED) is 0.612. The maximum Gasteiger partial charge on any atom is 0.356 e. The second kappa shape index (κ2) is 7.67. The normalized spacial score (nSPS) is 12.8. The lowest BCUT2D eigenvalue weighted by Crippen LogP contribution is -2.42. The Morgan fingerprint density at radius 1 is 1.32 bits per heavy atom. The van der Waals surface area contributed by atoms with E-state index in [4.69, 9.17) is 9.84 Å². The predicted molar refractivity (Wildman–Crippen MR) is 95.0 cm³/mol. The van der Waals surface area contributed by atoms with Crippen LogP contribution in [-0.2, 0) is 0 Å². The zero-order valence-electron chi connectivity index (χ0n) is 15.0. The van der Waals surface area contributed by atoms with Gasteiger partial charge in [-0.3, -0.25) is 0 Å². The van der Waals surface area contributed by atoms with Crippen molar-refractivity contribution in [1.82, 2.24) is 15.3 Å². The molecule has 0 bridgehead atoms. The number of rotatable bonds is 7. The highest BCUT2D eigenvalue weighted by Gasteiger charge is 2.15. The highest BCUT2D eigenvalue weighted by atomic mass is 16.5. The third-order valence-electron chi connectivity index (χ3n) is 3.53. The van der Waals surface area contributed by atoms with Gasteiger partial charge >= 0.3 is 5.97 Å². The van der Waals surface area contributed by atoms with Gasteiger partial charge in [-0.2, -0.15) is 0 Å². The lowest BCUT2D eigenvalue weighted by molar-refractivity contribution is 0.0690. The molecule has 4 N–H and O–H groups in total. The summed E-state index contributed by atoms with van der Waals surface area (Å²) in [5.41, 5.74) is 1.23. The highest BCUT2D eigenvalue weighted by Crippen LogP contribution is 2.21. The number of H-pyrrole nitrogens is 1. The average molecular weight is 347 g/mol. The number of aromatic nitrogens is 2. The SMILES string of the molecule is Cc1[nH]c(-c2ccc(OC[C@@H](O)CNC(C)(C)C)cc2)nc1C(=O)O. The number of carbonyl (C=O) groups is 1. The summed E-state index contributed by atoms with van der Waals surface area (Å²) >= 11 is 0. The molecule has 1 aromatic heterocycles. The van der Waals surface area contributed by atoms with Gasteiger partial charge in [0, 0.05) is 23.3 Å². The number of aryl methyl sites for hydroxylation is 1. The van der Waals surface area contributed by atoms with E-state index in [0.29, 0.717) is 23.8 Å². The van der Waals surface area contributed by atoms with Crippen LogP contribution in [0, 0.1) is 6.92 Å². The van der Waals surface area contributed by atoms with Gasteiger partial charge in [-0.15, -0.1) is 0 Å². The van der Waals surface area contributed by atoms with Crippen LogP contribution in [0.25, 0.3) is 11.4 Å². The van der Waals surface area contributed by atoms with Gasteiger partial charge in [0.05, 0.1) is 0 Å². The zero-order valence-corrected chi connectivity index (χ0v) is 15.0. The number of imidazole rings is 1. The molecule has 1 heterocycles. The van der Waals surface area contributed by atoms with E-state index >= 15 is 0 Å². The predicted octanol–water partition coefficient (Wildman–Crippen LogP) is 2.21. The van der Waals surface area contributed by atoms with Crippen LogP contribution in [-0.4, -0.2) is 50.9 Å². The second-order valence-electron chi connectivity index (χ2n) is 6.98. The van der Waals surface area contributed by atoms with Crippen LogP contribution in [0.15, 0.2) is 24.3 Å². The van der Waals surface area contributed by atoms with E-state index in [1.165, 1.54) is 0 Å². The number of hydrogen-bond donors (Lipinski definition) is 4. The maximum atomic E-state index is 11.1. The van der Waals surface area contributed by atoms with Crippen molar-refractivity contribution >= 4 is 5.97 Å². The molecule has 2 aromatic rings. The summed E-state index contributed by atoms with van der Waals surface area (Å²) in [4.78, 5) is 18.1. The lowest BCUT2D eigenvalue weighted by Gasteiger charge is -2.22. The van der Waals surface area contributed by atoms with Gasteiger partial charge in [0.15, 0.2) is 5.69 Å². The van der Waals surface area contributed by atoms with Gasteiger partial charge in [0.1, 0.15) is 24.3 Å². The summed E-state index contributed by atoms with van der Waals surface area (Å²) in [5.74, 6) is 0.0639. The molecule has 1 aromatic carbocycles. The number of hydrogen-bond acceptors (Lipinski definition) is 5. The van der Waals surface area contributed by atoms with Crippen LogP contribution in [0.4, 0.5) is 0 Å². The third-order valence-corrected chi connectivity index (χ3v) is 3.53. The van der Waals surface area contributed by atoms with Crippen molar-refractivity contribution in [3.8, 4) is 17.1 Å². The van der Waals surface area contributed by atoms with Gasteiger partial charge in [0.25, 0.3) is 0 Å². The summed E-state index contributed by atoms with van der Waals surface area (Å²) < 4.78 is 5.58. The molecule has 0 radical (unpaired) electrons. The Hall–Kier alpha value is -2.38. The zero-order chi connectivity index (χ0) is 18.6. The minimum atomic E-state index is -1.06. The molecular weight excluding hydrogens is 322 g/mol. The number of aliphatic hydroxyl groups is 1. The molecule has 0 saturated carbocycles. The number of aromatic carboxylic acids is 1. The van der Waals surface area contributed by atoms with E-state index < -0.39 is 12.1 Å². The monoisotopic (exact) mass is 347 g/mol. The number of β-amino-alcohol motifs (C(OH)–C–C–N with tert-alkyl or cyclic N) is 1. The van der Waals surface area contributed by atoms with E-state index in [2.05, 4.69) is 15.3 Å². The Morgan fingerprint density at radius 2 is 1.96 bits per heavy atom. The fourth-order valence-corrected chi connectivity index (χ4v) is 2.19. The number of carboxylic acids is 1. The Morgan fingerprint density at radius 3 is 2.48 bits per heavy atom. The minimum Gasteiger partial charge on any atom is -0.491 e. The first-order valence-electron chi connectivity index (χ1n) is 8.12. The van der Waals surface area contributed by atoms with Crippen LogP contribution in [0.5, 0.6) is 5.75 Å². The molecular formula is C18H25N3O4. The molecule has 136 valence electrons. The number of aliphatic hydroxyl groups excluding tert-OH is 1. The molecule has 7 heteroatoms. The molecule has 0 aliphatic heterocycles. The Kier molecular flexibility index (Phi) is 5.81. The fourth-order valence-electron chi connectivity index (χ4n) is 2.19. The van der Waals surface area contributed by atoms with Crippen molar-refractivity contribution < 1.29 is 19.7 Å². The van der Waals surface area contributed by atoms with Crippen LogP contribution < -0.4 is 10.1 Å². The van der Waals surface area contributed by atoms with Crippen molar-refractivity contribution in [1.29, 1.82) is 0 Å². The maximum absolute atomic E-state index is 11.1. The summed E-state index contributed by atoms with van der Waals surface area (Å²) in [6, 6.07) is 7.10.